The van der Waals surface area contributed by atoms with Gasteiger partial charge < -0.3 is 5.73 Å². The van der Waals surface area contributed by atoms with Gasteiger partial charge in [-0.1, -0.05) is 41.9 Å². The normalized spacial score (nSPS) is 10.4. The Kier molecular flexibility index (Phi) is 3.22. The molecule has 1 aromatic heterocycles. The lowest BCUT2D eigenvalue weighted by Crippen LogP contribution is -1.99. The van der Waals surface area contributed by atoms with E-state index in [0.29, 0.717) is 11.7 Å². The highest BCUT2D eigenvalue weighted by Crippen LogP contribution is 2.24. The standard InChI is InChI=1S/C13H13ClN2/c1-9-4-2-3-5-11(9)12-7-6-10(8-15)13(14)16-12/h2-7H,8,15H2,1H3. The fraction of sp³-hybridized carbons (Fsp3) is 0.154. The molecular weight excluding hydrogens is 220 g/mol. The van der Waals surface area contributed by atoms with Gasteiger partial charge in [0.25, 0.3) is 0 Å². The fourth-order valence-corrected chi connectivity index (χ4v) is 1.86. The van der Waals surface area contributed by atoms with Gasteiger partial charge in [-0.05, 0) is 18.6 Å². The van der Waals surface area contributed by atoms with E-state index in [-0.39, 0.29) is 0 Å². The van der Waals surface area contributed by atoms with Crippen LogP contribution in [0.2, 0.25) is 5.15 Å². The Balaban J connectivity index is 2.50. The lowest BCUT2D eigenvalue weighted by atomic mass is 10.0. The van der Waals surface area contributed by atoms with Crippen molar-refractivity contribution in [3.8, 4) is 11.3 Å². The molecule has 0 aliphatic carbocycles. The van der Waals surface area contributed by atoms with E-state index < -0.39 is 0 Å². The van der Waals surface area contributed by atoms with E-state index in [9.17, 15) is 0 Å². The Morgan fingerprint density at radius 2 is 1.94 bits per heavy atom. The first-order valence-corrected chi connectivity index (χ1v) is 5.51. The number of hydrogen-bond donors (Lipinski definition) is 1. The average Bonchev–Trinajstić information content (AvgIpc) is 2.29. The molecule has 1 aromatic carbocycles. The molecule has 0 spiro atoms. The van der Waals surface area contributed by atoms with Crippen molar-refractivity contribution in [1.29, 1.82) is 0 Å². The van der Waals surface area contributed by atoms with Crippen molar-refractivity contribution in [1.82, 2.24) is 4.98 Å². The predicted molar refractivity (Wildman–Crippen MR) is 67.3 cm³/mol. The summed E-state index contributed by atoms with van der Waals surface area (Å²) in [6.45, 7) is 2.47. The number of rotatable bonds is 2. The third-order valence-corrected chi connectivity index (χ3v) is 2.89. The minimum Gasteiger partial charge on any atom is -0.326 e. The van der Waals surface area contributed by atoms with Crippen molar-refractivity contribution >= 4 is 11.6 Å². The van der Waals surface area contributed by atoms with E-state index in [4.69, 9.17) is 17.3 Å². The Morgan fingerprint density at radius 3 is 2.56 bits per heavy atom. The van der Waals surface area contributed by atoms with Crippen molar-refractivity contribution in [3.05, 3.63) is 52.7 Å². The van der Waals surface area contributed by atoms with Crippen LogP contribution in [-0.2, 0) is 6.54 Å². The molecule has 0 unspecified atom stereocenters. The van der Waals surface area contributed by atoms with Gasteiger partial charge in [-0.25, -0.2) is 4.98 Å². The van der Waals surface area contributed by atoms with Gasteiger partial charge >= 0.3 is 0 Å². The quantitative estimate of drug-likeness (QED) is 0.808. The van der Waals surface area contributed by atoms with Crippen LogP contribution in [0.25, 0.3) is 11.3 Å². The smallest absolute Gasteiger partial charge is 0.134 e. The Hall–Kier alpha value is -1.38. The average molecular weight is 233 g/mol. The van der Waals surface area contributed by atoms with Gasteiger partial charge in [-0.2, -0.15) is 0 Å². The molecule has 0 radical (unpaired) electrons. The summed E-state index contributed by atoms with van der Waals surface area (Å²) in [5.74, 6) is 0. The van der Waals surface area contributed by atoms with Crippen molar-refractivity contribution in [2.75, 3.05) is 0 Å². The van der Waals surface area contributed by atoms with E-state index in [1.807, 2.05) is 30.3 Å². The van der Waals surface area contributed by atoms with E-state index in [2.05, 4.69) is 18.0 Å². The zero-order valence-electron chi connectivity index (χ0n) is 9.07. The minimum absolute atomic E-state index is 0.417. The van der Waals surface area contributed by atoms with Crippen LogP contribution in [0.15, 0.2) is 36.4 Å². The van der Waals surface area contributed by atoms with Crippen molar-refractivity contribution in [2.24, 2.45) is 5.73 Å². The Morgan fingerprint density at radius 1 is 1.19 bits per heavy atom. The Bertz CT molecular complexity index is 509. The number of aromatic nitrogens is 1. The van der Waals surface area contributed by atoms with Crippen LogP contribution in [0.4, 0.5) is 0 Å². The number of nitrogens with zero attached hydrogens (tertiary/aromatic N) is 1. The highest BCUT2D eigenvalue weighted by molar-refractivity contribution is 6.30. The highest BCUT2D eigenvalue weighted by Gasteiger charge is 2.05. The van der Waals surface area contributed by atoms with Crippen LogP contribution >= 0.6 is 11.6 Å². The molecule has 0 atom stereocenters. The number of halogens is 1. The lowest BCUT2D eigenvalue weighted by molar-refractivity contribution is 1.05. The molecule has 0 bridgehead atoms. The van der Waals surface area contributed by atoms with Crippen LogP contribution in [0, 0.1) is 6.92 Å². The van der Waals surface area contributed by atoms with Gasteiger partial charge in [-0.15, -0.1) is 0 Å². The monoisotopic (exact) mass is 232 g/mol. The van der Waals surface area contributed by atoms with Crippen LogP contribution in [0.3, 0.4) is 0 Å². The van der Waals surface area contributed by atoms with Crippen molar-refractivity contribution < 1.29 is 0 Å². The first-order valence-electron chi connectivity index (χ1n) is 5.14. The van der Waals surface area contributed by atoms with Gasteiger partial charge in [0.15, 0.2) is 0 Å². The summed E-state index contributed by atoms with van der Waals surface area (Å²) in [5.41, 5.74) is 9.60. The molecule has 3 heteroatoms. The summed E-state index contributed by atoms with van der Waals surface area (Å²) in [6, 6.07) is 12.0. The highest BCUT2D eigenvalue weighted by atomic mass is 35.5. The van der Waals surface area contributed by atoms with Gasteiger partial charge in [0.05, 0.1) is 5.69 Å². The summed E-state index contributed by atoms with van der Waals surface area (Å²) in [4.78, 5) is 4.36. The second-order valence-electron chi connectivity index (χ2n) is 3.67. The van der Waals surface area contributed by atoms with Crippen molar-refractivity contribution in [2.45, 2.75) is 13.5 Å². The molecule has 2 N–H and O–H groups in total. The summed E-state index contributed by atoms with van der Waals surface area (Å²) in [6.07, 6.45) is 0. The number of benzene rings is 1. The number of hydrogen-bond acceptors (Lipinski definition) is 2. The summed E-state index contributed by atoms with van der Waals surface area (Å²) in [7, 11) is 0. The van der Waals surface area contributed by atoms with Crippen LogP contribution in [0.1, 0.15) is 11.1 Å². The molecule has 82 valence electrons. The third-order valence-electron chi connectivity index (χ3n) is 2.57. The van der Waals surface area contributed by atoms with Gasteiger partial charge in [0.2, 0.25) is 0 Å². The molecule has 2 rings (SSSR count). The molecule has 2 nitrogen and oxygen atoms in total. The number of pyridine rings is 1. The first-order chi connectivity index (χ1) is 7.72. The summed E-state index contributed by atoms with van der Waals surface area (Å²) >= 11 is 6.04. The predicted octanol–water partition coefficient (Wildman–Crippen LogP) is 3.17. The molecule has 0 amide bonds. The van der Waals surface area contributed by atoms with Gasteiger partial charge in [0, 0.05) is 17.7 Å². The molecule has 0 aliphatic rings. The summed E-state index contributed by atoms with van der Waals surface area (Å²) in [5, 5.41) is 0.489. The molecular formula is C13H13ClN2. The molecule has 0 aliphatic heterocycles. The molecule has 0 fully saturated rings. The van der Waals surface area contributed by atoms with E-state index in [0.717, 1.165) is 16.8 Å². The lowest BCUT2D eigenvalue weighted by Gasteiger charge is -2.07. The zero-order valence-corrected chi connectivity index (χ0v) is 9.83. The van der Waals surface area contributed by atoms with Crippen LogP contribution in [-0.4, -0.2) is 4.98 Å². The van der Waals surface area contributed by atoms with Gasteiger partial charge in [-0.3, -0.25) is 0 Å². The van der Waals surface area contributed by atoms with E-state index in [1.54, 1.807) is 0 Å². The molecule has 2 aromatic rings. The third kappa shape index (κ3) is 2.08. The SMILES string of the molecule is Cc1ccccc1-c1ccc(CN)c(Cl)n1. The molecule has 0 saturated carbocycles. The zero-order chi connectivity index (χ0) is 11.5. The minimum atomic E-state index is 0.417. The maximum atomic E-state index is 6.04. The topological polar surface area (TPSA) is 38.9 Å². The van der Waals surface area contributed by atoms with Crippen molar-refractivity contribution in [3.63, 3.8) is 0 Å². The molecule has 16 heavy (non-hydrogen) atoms. The molecule has 1 heterocycles. The Labute approximate surface area is 100 Å². The van der Waals surface area contributed by atoms with Crippen LogP contribution in [0.5, 0.6) is 0 Å². The molecule has 0 saturated heterocycles. The largest absolute Gasteiger partial charge is 0.326 e. The van der Waals surface area contributed by atoms with E-state index >= 15 is 0 Å². The first kappa shape index (κ1) is 11.1. The van der Waals surface area contributed by atoms with Gasteiger partial charge in [0.1, 0.15) is 5.15 Å². The second kappa shape index (κ2) is 4.64. The maximum absolute atomic E-state index is 6.04. The number of aryl methyl sites for hydroxylation is 1. The van der Waals surface area contributed by atoms with E-state index in [1.165, 1.54) is 5.56 Å². The fourth-order valence-electron chi connectivity index (χ4n) is 1.63. The maximum Gasteiger partial charge on any atom is 0.134 e. The van der Waals surface area contributed by atoms with Crippen LogP contribution < -0.4 is 5.73 Å². The summed E-state index contributed by atoms with van der Waals surface area (Å²) < 4.78 is 0. The second-order valence-corrected chi connectivity index (χ2v) is 4.02. The number of nitrogens with two attached hydrogens (primary N) is 1.